The van der Waals surface area contributed by atoms with E-state index in [1.165, 1.54) is 12.1 Å². The third-order valence-corrected chi connectivity index (χ3v) is 3.84. The Hall–Kier alpha value is -2.96. The molecule has 4 nitrogen and oxygen atoms in total. The molecule has 136 valence electrons. The van der Waals surface area contributed by atoms with Crippen molar-refractivity contribution in [1.82, 2.24) is 10.3 Å². The second-order valence-electron chi connectivity index (χ2n) is 5.86. The third kappa shape index (κ3) is 4.78. The zero-order chi connectivity index (χ0) is 18.6. The number of nitrogens with one attached hydrogen (secondary N) is 2. The van der Waals surface area contributed by atoms with Crippen molar-refractivity contribution in [3.63, 3.8) is 0 Å². The Bertz CT molecular complexity index is 886. The average Bonchev–Trinajstić information content (AvgIpc) is 3.01. The molecule has 7 heteroatoms. The van der Waals surface area contributed by atoms with Crippen molar-refractivity contribution in [1.29, 1.82) is 0 Å². The van der Waals surface area contributed by atoms with Crippen LogP contribution in [0, 0.1) is 0 Å². The summed E-state index contributed by atoms with van der Waals surface area (Å²) in [5, 5.41) is 3.81. The van der Waals surface area contributed by atoms with Gasteiger partial charge in [-0.3, -0.25) is 4.79 Å². The molecule has 0 aliphatic rings. The monoisotopic (exact) mass is 362 g/mol. The number of carbonyl (C=O) groups is 1. The number of rotatable bonds is 6. The first kappa shape index (κ1) is 17.8. The van der Waals surface area contributed by atoms with Gasteiger partial charge >= 0.3 is 6.18 Å². The van der Waals surface area contributed by atoms with Gasteiger partial charge in [-0.05, 0) is 29.3 Å². The summed E-state index contributed by atoms with van der Waals surface area (Å²) >= 11 is 0. The summed E-state index contributed by atoms with van der Waals surface area (Å²) in [6.07, 6.45) is -2.30. The molecule has 0 saturated heterocycles. The molecular formula is C19H17F3N2O2. The van der Waals surface area contributed by atoms with E-state index in [1.807, 2.05) is 30.5 Å². The normalized spacial score (nSPS) is 11.5. The van der Waals surface area contributed by atoms with Gasteiger partial charge in [0.15, 0.2) is 6.61 Å². The number of hydrogen-bond donors (Lipinski definition) is 2. The predicted octanol–water partition coefficient (Wildman–Crippen LogP) is 3.97. The Balaban J connectivity index is 1.51. The van der Waals surface area contributed by atoms with Gasteiger partial charge in [-0.15, -0.1) is 0 Å². The summed E-state index contributed by atoms with van der Waals surface area (Å²) < 4.78 is 41.0. The number of para-hydroxylation sites is 1. The van der Waals surface area contributed by atoms with Crippen molar-refractivity contribution in [3.8, 4) is 5.75 Å². The maximum absolute atomic E-state index is 12.1. The van der Waals surface area contributed by atoms with Crippen LogP contribution >= 0.6 is 0 Å². The number of alkyl halides is 3. The first-order valence-electron chi connectivity index (χ1n) is 8.01. The van der Waals surface area contributed by atoms with Gasteiger partial charge in [0.05, 0.1) is 6.42 Å². The van der Waals surface area contributed by atoms with E-state index in [9.17, 15) is 18.0 Å². The predicted molar refractivity (Wildman–Crippen MR) is 91.8 cm³/mol. The third-order valence-electron chi connectivity index (χ3n) is 3.84. The van der Waals surface area contributed by atoms with E-state index in [0.29, 0.717) is 6.54 Å². The fourth-order valence-corrected chi connectivity index (χ4v) is 2.58. The molecule has 3 rings (SSSR count). The molecule has 0 bridgehead atoms. The molecule has 1 heterocycles. The minimum absolute atomic E-state index is 0.132. The van der Waals surface area contributed by atoms with Crippen LogP contribution in [0.1, 0.15) is 11.1 Å². The van der Waals surface area contributed by atoms with E-state index in [0.717, 1.165) is 22.0 Å². The molecule has 0 spiro atoms. The van der Waals surface area contributed by atoms with Crippen LogP contribution in [0.3, 0.4) is 0 Å². The summed E-state index contributed by atoms with van der Waals surface area (Å²) in [5.41, 5.74) is 2.66. The minimum Gasteiger partial charge on any atom is -0.484 e. The Morgan fingerprint density at radius 1 is 1.08 bits per heavy atom. The first-order chi connectivity index (χ1) is 12.4. The summed E-state index contributed by atoms with van der Waals surface area (Å²) in [6.45, 7) is -1.03. The molecule has 0 atom stereocenters. The fraction of sp³-hybridized carbons (Fsp3) is 0.211. The van der Waals surface area contributed by atoms with Crippen molar-refractivity contribution in [2.24, 2.45) is 0 Å². The highest BCUT2D eigenvalue weighted by molar-refractivity contribution is 5.88. The Morgan fingerprint density at radius 3 is 2.54 bits per heavy atom. The number of H-pyrrole nitrogens is 1. The number of carbonyl (C=O) groups excluding carboxylic acids is 1. The van der Waals surface area contributed by atoms with Crippen molar-refractivity contribution in [2.75, 3.05) is 6.61 Å². The van der Waals surface area contributed by atoms with Crippen molar-refractivity contribution < 1.29 is 22.7 Å². The highest BCUT2D eigenvalue weighted by Crippen LogP contribution is 2.19. The summed E-state index contributed by atoms with van der Waals surface area (Å²) in [7, 11) is 0. The van der Waals surface area contributed by atoms with Crippen LogP contribution in [-0.2, 0) is 17.8 Å². The van der Waals surface area contributed by atoms with Crippen LogP contribution in [0.2, 0.25) is 0 Å². The maximum Gasteiger partial charge on any atom is 0.422 e. The highest BCUT2D eigenvalue weighted by Gasteiger charge is 2.28. The molecule has 0 radical (unpaired) electrons. The molecule has 26 heavy (non-hydrogen) atoms. The van der Waals surface area contributed by atoms with Gasteiger partial charge in [-0.25, -0.2) is 0 Å². The zero-order valence-electron chi connectivity index (χ0n) is 13.8. The van der Waals surface area contributed by atoms with Crippen LogP contribution in [0.5, 0.6) is 5.75 Å². The summed E-state index contributed by atoms with van der Waals surface area (Å²) in [5.74, 6) is 0.00310. The topological polar surface area (TPSA) is 54.1 Å². The van der Waals surface area contributed by atoms with Gasteiger partial charge in [-0.1, -0.05) is 30.3 Å². The number of fused-ring (bicyclic) bond motifs is 1. The number of benzene rings is 2. The van der Waals surface area contributed by atoms with Gasteiger partial charge < -0.3 is 15.0 Å². The second-order valence-corrected chi connectivity index (χ2v) is 5.86. The fourth-order valence-electron chi connectivity index (χ4n) is 2.58. The molecular weight excluding hydrogens is 345 g/mol. The van der Waals surface area contributed by atoms with Gasteiger partial charge in [0.2, 0.25) is 5.91 Å². The lowest BCUT2D eigenvalue weighted by atomic mass is 10.1. The van der Waals surface area contributed by atoms with Crippen LogP contribution in [0.4, 0.5) is 13.2 Å². The van der Waals surface area contributed by atoms with Crippen molar-refractivity contribution in [3.05, 3.63) is 65.9 Å². The van der Waals surface area contributed by atoms with Gasteiger partial charge in [0, 0.05) is 23.6 Å². The SMILES string of the molecule is O=C(Cc1c[nH]c2ccccc12)NCc1ccc(OCC(F)(F)F)cc1. The summed E-state index contributed by atoms with van der Waals surface area (Å²) in [4.78, 5) is 15.3. The van der Waals surface area contributed by atoms with E-state index in [4.69, 9.17) is 0 Å². The molecule has 2 aromatic carbocycles. The van der Waals surface area contributed by atoms with Crippen LogP contribution in [0.25, 0.3) is 10.9 Å². The molecule has 0 fully saturated rings. The number of halogens is 3. The number of aromatic amines is 1. The number of ether oxygens (including phenoxy) is 1. The van der Waals surface area contributed by atoms with Crippen molar-refractivity contribution >= 4 is 16.8 Å². The standard InChI is InChI=1S/C19H17F3N2O2/c20-19(21,22)12-26-15-7-5-13(6-8-15)10-24-18(25)9-14-11-23-17-4-2-1-3-16(14)17/h1-8,11,23H,9-10,12H2,(H,24,25). The lowest BCUT2D eigenvalue weighted by Gasteiger charge is -2.10. The molecule has 3 aromatic rings. The van der Waals surface area contributed by atoms with Crippen molar-refractivity contribution in [2.45, 2.75) is 19.1 Å². The lowest BCUT2D eigenvalue weighted by Crippen LogP contribution is -2.24. The Kier molecular flexibility index (Phi) is 5.16. The Labute approximate surface area is 148 Å². The van der Waals surface area contributed by atoms with Gasteiger partial charge in [0.1, 0.15) is 5.75 Å². The molecule has 0 aliphatic heterocycles. The largest absolute Gasteiger partial charge is 0.484 e. The van der Waals surface area contributed by atoms with Gasteiger partial charge in [0.25, 0.3) is 0 Å². The van der Waals surface area contributed by atoms with E-state index in [2.05, 4.69) is 15.0 Å². The van der Waals surface area contributed by atoms with E-state index < -0.39 is 12.8 Å². The molecule has 0 saturated carbocycles. The number of hydrogen-bond acceptors (Lipinski definition) is 2. The van der Waals surface area contributed by atoms with Crippen LogP contribution < -0.4 is 10.1 Å². The quantitative estimate of drug-likeness (QED) is 0.697. The van der Waals surface area contributed by atoms with Gasteiger partial charge in [-0.2, -0.15) is 13.2 Å². The molecule has 1 amide bonds. The first-order valence-corrected chi connectivity index (χ1v) is 8.01. The van der Waals surface area contributed by atoms with E-state index >= 15 is 0 Å². The number of aromatic nitrogens is 1. The number of amides is 1. The molecule has 2 N–H and O–H groups in total. The average molecular weight is 362 g/mol. The molecule has 1 aromatic heterocycles. The minimum atomic E-state index is -4.37. The summed E-state index contributed by atoms with van der Waals surface area (Å²) in [6, 6.07) is 13.9. The lowest BCUT2D eigenvalue weighted by molar-refractivity contribution is -0.153. The van der Waals surface area contributed by atoms with Crippen LogP contribution in [0.15, 0.2) is 54.7 Å². The maximum atomic E-state index is 12.1. The highest BCUT2D eigenvalue weighted by atomic mass is 19.4. The Morgan fingerprint density at radius 2 is 1.81 bits per heavy atom. The zero-order valence-corrected chi connectivity index (χ0v) is 13.8. The van der Waals surface area contributed by atoms with Crippen LogP contribution in [-0.4, -0.2) is 23.7 Å². The van der Waals surface area contributed by atoms with E-state index in [1.54, 1.807) is 12.1 Å². The smallest absolute Gasteiger partial charge is 0.422 e. The molecule has 0 unspecified atom stereocenters. The second kappa shape index (κ2) is 7.51. The molecule has 0 aliphatic carbocycles. The van der Waals surface area contributed by atoms with E-state index in [-0.39, 0.29) is 18.1 Å².